The molecule has 7 nitrogen and oxygen atoms in total. The zero-order chi connectivity index (χ0) is 22.6. The Morgan fingerprint density at radius 1 is 1.00 bits per heavy atom. The second-order valence-corrected chi connectivity index (χ2v) is 7.53. The Kier molecular flexibility index (Phi) is 9.84. The maximum absolute atomic E-state index is 12.0. The van der Waals surface area contributed by atoms with Gasteiger partial charge < -0.3 is 24.2 Å². The van der Waals surface area contributed by atoms with Crippen molar-refractivity contribution in [2.45, 2.75) is 31.8 Å². The van der Waals surface area contributed by atoms with Gasteiger partial charge in [-0.25, -0.2) is 0 Å². The Morgan fingerprint density at radius 3 is 2.35 bits per heavy atom. The monoisotopic (exact) mass is 429 g/mol. The predicted molar refractivity (Wildman–Crippen MR) is 118 cm³/mol. The number of methoxy groups -OCH3 is 1. The summed E-state index contributed by atoms with van der Waals surface area (Å²) in [6, 6.07) is 15.8. The molecule has 2 aromatic carbocycles. The van der Waals surface area contributed by atoms with Crippen molar-refractivity contribution in [3.63, 3.8) is 0 Å². The maximum atomic E-state index is 12.0. The quantitative estimate of drug-likeness (QED) is 0.490. The van der Waals surface area contributed by atoms with Gasteiger partial charge in [-0.1, -0.05) is 30.3 Å². The minimum absolute atomic E-state index is 0.155. The Labute approximate surface area is 183 Å². The zero-order valence-corrected chi connectivity index (χ0v) is 18.4. The molecule has 0 aliphatic carbocycles. The highest BCUT2D eigenvalue weighted by atomic mass is 16.6. The summed E-state index contributed by atoms with van der Waals surface area (Å²) >= 11 is 0. The van der Waals surface area contributed by atoms with Crippen molar-refractivity contribution in [2.24, 2.45) is 0 Å². The molecule has 0 saturated heterocycles. The molecule has 0 heterocycles. The number of carboxylic acid groups (broad SMARTS) is 1. The molecule has 168 valence electrons. The molecule has 2 rings (SSSR count). The van der Waals surface area contributed by atoms with E-state index in [4.69, 9.17) is 19.3 Å². The normalized spacial score (nSPS) is 11.7. The van der Waals surface area contributed by atoms with Gasteiger partial charge in [-0.15, -0.1) is 0 Å². The Hall–Kier alpha value is -3.06. The number of nitrogens with zero attached hydrogens (tertiary/aromatic N) is 1. The number of hydrogen-bond donors (Lipinski definition) is 1. The SMILES string of the molecule is COc1ccc(CCc2ccccc2OC[C@@H](CN(C)C)OC(=O)CCC(=O)O)cc1. The fourth-order valence-electron chi connectivity index (χ4n) is 3.09. The standard InChI is InChI=1S/C24H31NO6/c1-25(2)16-21(31-24(28)15-14-23(26)27)17-30-22-7-5-4-6-19(22)11-8-18-9-12-20(29-3)13-10-18/h4-7,9-10,12-13,21H,8,11,14-17H2,1-3H3,(H,26,27)/t21-/m1/s1. The number of para-hydroxylation sites is 1. The Balaban J connectivity index is 1.96. The number of aryl methyl sites for hydroxylation is 2. The van der Waals surface area contributed by atoms with E-state index in [1.54, 1.807) is 7.11 Å². The van der Waals surface area contributed by atoms with Crippen molar-refractivity contribution in [2.75, 3.05) is 34.4 Å². The lowest BCUT2D eigenvalue weighted by Crippen LogP contribution is -2.35. The van der Waals surface area contributed by atoms with Gasteiger partial charge in [0.1, 0.15) is 24.2 Å². The summed E-state index contributed by atoms with van der Waals surface area (Å²) < 4.78 is 16.7. The third kappa shape index (κ3) is 9.09. The van der Waals surface area contributed by atoms with Crippen LogP contribution in [-0.2, 0) is 27.2 Å². The van der Waals surface area contributed by atoms with Crippen LogP contribution in [0, 0.1) is 0 Å². The molecule has 0 saturated carbocycles. The van der Waals surface area contributed by atoms with Crippen molar-refractivity contribution in [3.05, 3.63) is 59.7 Å². The molecule has 2 aromatic rings. The summed E-state index contributed by atoms with van der Waals surface area (Å²) in [5.41, 5.74) is 2.27. The molecule has 0 bridgehead atoms. The zero-order valence-electron chi connectivity index (χ0n) is 18.4. The summed E-state index contributed by atoms with van der Waals surface area (Å²) in [6.45, 7) is 0.670. The molecule has 0 spiro atoms. The number of hydrogen-bond acceptors (Lipinski definition) is 6. The molecule has 0 aliphatic rings. The molecular weight excluding hydrogens is 398 g/mol. The number of carbonyl (C=O) groups is 2. The number of rotatable bonds is 13. The highest BCUT2D eigenvalue weighted by molar-refractivity contribution is 5.76. The number of aliphatic carboxylic acids is 1. The van der Waals surface area contributed by atoms with Crippen LogP contribution in [0.2, 0.25) is 0 Å². The lowest BCUT2D eigenvalue weighted by molar-refractivity contribution is -0.153. The molecule has 31 heavy (non-hydrogen) atoms. The van der Waals surface area contributed by atoms with E-state index in [0.29, 0.717) is 6.54 Å². The van der Waals surface area contributed by atoms with Crippen molar-refractivity contribution in [3.8, 4) is 11.5 Å². The lowest BCUT2D eigenvalue weighted by atomic mass is 10.0. The second-order valence-electron chi connectivity index (χ2n) is 7.53. The van der Waals surface area contributed by atoms with Crippen LogP contribution in [0.1, 0.15) is 24.0 Å². The number of carboxylic acids is 1. The van der Waals surface area contributed by atoms with Gasteiger partial charge in [0, 0.05) is 6.54 Å². The molecule has 0 radical (unpaired) electrons. The van der Waals surface area contributed by atoms with Crippen LogP contribution in [0.3, 0.4) is 0 Å². The van der Waals surface area contributed by atoms with E-state index in [9.17, 15) is 9.59 Å². The molecule has 0 amide bonds. The van der Waals surface area contributed by atoms with Crippen LogP contribution in [0.4, 0.5) is 0 Å². The van der Waals surface area contributed by atoms with Crippen molar-refractivity contribution in [1.82, 2.24) is 4.90 Å². The number of likely N-dealkylation sites (N-methyl/N-ethyl adjacent to an activating group) is 1. The molecular formula is C24H31NO6. The minimum Gasteiger partial charge on any atom is -0.497 e. The van der Waals surface area contributed by atoms with Crippen molar-refractivity contribution in [1.29, 1.82) is 0 Å². The van der Waals surface area contributed by atoms with Crippen LogP contribution >= 0.6 is 0 Å². The lowest BCUT2D eigenvalue weighted by Gasteiger charge is -2.22. The fraction of sp³-hybridized carbons (Fsp3) is 0.417. The van der Waals surface area contributed by atoms with Crippen LogP contribution in [-0.4, -0.2) is 62.4 Å². The number of ether oxygens (including phenoxy) is 3. The third-order valence-electron chi connectivity index (χ3n) is 4.65. The summed E-state index contributed by atoms with van der Waals surface area (Å²) in [7, 11) is 5.40. The van der Waals surface area contributed by atoms with Gasteiger partial charge in [-0.3, -0.25) is 9.59 Å². The predicted octanol–water partition coefficient (Wildman–Crippen LogP) is 3.20. The van der Waals surface area contributed by atoms with Crippen molar-refractivity contribution >= 4 is 11.9 Å². The maximum Gasteiger partial charge on any atom is 0.306 e. The minimum atomic E-state index is -1.02. The van der Waals surface area contributed by atoms with E-state index in [1.807, 2.05) is 67.5 Å². The molecule has 0 aliphatic heterocycles. The first-order valence-corrected chi connectivity index (χ1v) is 10.3. The Bertz CT molecular complexity index is 834. The van der Waals surface area contributed by atoms with E-state index in [2.05, 4.69) is 0 Å². The summed E-state index contributed by atoms with van der Waals surface area (Å²) in [5.74, 6) is 0.0208. The summed E-state index contributed by atoms with van der Waals surface area (Å²) in [4.78, 5) is 24.5. The van der Waals surface area contributed by atoms with Gasteiger partial charge in [0.2, 0.25) is 0 Å². The third-order valence-corrected chi connectivity index (χ3v) is 4.65. The van der Waals surface area contributed by atoms with Gasteiger partial charge in [-0.05, 0) is 56.3 Å². The largest absolute Gasteiger partial charge is 0.497 e. The number of carbonyl (C=O) groups excluding carboxylic acids is 1. The molecule has 1 N–H and O–H groups in total. The molecule has 1 atom stereocenters. The average Bonchev–Trinajstić information content (AvgIpc) is 2.75. The van der Waals surface area contributed by atoms with E-state index in [1.165, 1.54) is 5.56 Å². The first-order valence-electron chi connectivity index (χ1n) is 10.3. The summed E-state index contributed by atoms with van der Waals surface area (Å²) in [5, 5.41) is 8.74. The fourth-order valence-corrected chi connectivity index (χ4v) is 3.09. The molecule has 0 aromatic heterocycles. The van der Waals surface area contributed by atoms with Crippen LogP contribution in [0.15, 0.2) is 48.5 Å². The first kappa shape index (κ1) is 24.2. The van der Waals surface area contributed by atoms with Gasteiger partial charge in [-0.2, -0.15) is 0 Å². The first-order chi connectivity index (χ1) is 14.9. The molecule has 0 unspecified atom stereocenters. The second kappa shape index (κ2) is 12.6. The topological polar surface area (TPSA) is 85.3 Å². The van der Waals surface area contributed by atoms with Gasteiger partial charge >= 0.3 is 11.9 Å². The van der Waals surface area contributed by atoms with Gasteiger partial charge in [0.25, 0.3) is 0 Å². The molecule has 0 fully saturated rings. The van der Waals surface area contributed by atoms with E-state index >= 15 is 0 Å². The number of benzene rings is 2. The smallest absolute Gasteiger partial charge is 0.306 e. The van der Waals surface area contributed by atoms with E-state index in [0.717, 1.165) is 29.9 Å². The van der Waals surface area contributed by atoms with Crippen LogP contribution < -0.4 is 9.47 Å². The van der Waals surface area contributed by atoms with Crippen LogP contribution in [0.5, 0.6) is 11.5 Å². The van der Waals surface area contributed by atoms with Crippen LogP contribution in [0.25, 0.3) is 0 Å². The highest BCUT2D eigenvalue weighted by Crippen LogP contribution is 2.21. The molecule has 7 heteroatoms. The summed E-state index contributed by atoms with van der Waals surface area (Å²) in [6.07, 6.45) is 0.765. The average molecular weight is 430 g/mol. The number of esters is 1. The van der Waals surface area contributed by atoms with E-state index in [-0.39, 0.29) is 19.4 Å². The van der Waals surface area contributed by atoms with Crippen molar-refractivity contribution < 1.29 is 28.9 Å². The Morgan fingerprint density at radius 2 is 1.71 bits per heavy atom. The highest BCUT2D eigenvalue weighted by Gasteiger charge is 2.18. The van der Waals surface area contributed by atoms with Gasteiger partial charge in [0.05, 0.1) is 20.0 Å². The van der Waals surface area contributed by atoms with E-state index < -0.39 is 18.0 Å². The van der Waals surface area contributed by atoms with Gasteiger partial charge in [0.15, 0.2) is 0 Å².